The van der Waals surface area contributed by atoms with Crippen LogP contribution in [0.5, 0.6) is 0 Å². The van der Waals surface area contributed by atoms with Crippen LogP contribution in [0.15, 0.2) is 0 Å². The van der Waals surface area contributed by atoms with Crippen molar-refractivity contribution in [2.75, 3.05) is 0 Å². The van der Waals surface area contributed by atoms with Gasteiger partial charge in [-0.15, -0.1) is 0 Å². The molecule has 1 rings (SSSR count). The molecule has 5 heteroatoms. The minimum absolute atomic E-state index is 0.126. The fraction of sp³-hybridized carbons (Fsp3) is 0.769. The third-order valence-electron chi connectivity index (χ3n) is 3.51. The zero-order valence-corrected chi connectivity index (χ0v) is 10.7. The molecule has 2 N–H and O–H groups in total. The molecule has 0 heterocycles. The molecular weight excluding hydrogens is 232 g/mol. The smallest absolute Gasteiger partial charge is 0.326 e. The van der Waals surface area contributed by atoms with Crippen molar-refractivity contribution in [3.05, 3.63) is 0 Å². The van der Waals surface area contributed by atoms with Gasteiger partial charge in [-0.1, -0.05) is 19.8 Å². The van der Waals surface area contributed by atoms with Crippen molar-refractivity contribution in [2.24, 2.45) is 11.8 Å². The van der Waals surface area contributed by atoms with Gasteiger partial charge in [0.15, 0.2) is 0 Å². The fourth-order valence-electron chi connectivity index (χ4n) is 2.42. The number of hydrogen-bond donors (Lipinski definition) is 2. The number of amides is 1. The van der Waals surface area contributed by atoms with E-state index >= 15 is 0 Å². The van der Waals surface area contributed by atoms with E-state index in [-0.39, 0.29) is 18.2 Å². The lowest BCUT2D eigenvalue weighted by Gasteiger charge is -2.20. The van der Waals surface area contributed by atoms with E-state index in [1.807, 2.05) is 6.07 Å². The van der Waals surface area contributed by atoms with E-state index < -0.39 is 12.0 Å². The molecule has 0 aromatic heterocycles. The van der Waals surface area contributed by atoms with Gasteiger partial charge in [0.2, 0.25) is 5.91 Å². The van der Waals surface area contributed by atoms with Crippen molar-refractivity contribution in [1.82, 2.24) is 5.32 Å². The van der Waals surface area contributed by atoms with Crippen LogP contribution in [0.4, 0.5) is 0 Å². The average Bonchev–Trinajstić information content (AvgIpc) is 2.78. The predicted molar refractivity (Wildman–Crippen MR) is 65.5 cm³/mol. The maximum atomic E-state index is 11.8. The van der Waals surface area contributed by atoms with Crippen molar-refractivity contribution in [1.29, 1.82) is 5.26 Å². The van der Waals surface area contributed by atoms with E-state index in [9.17, 15) is 9.59 Å². The highest BCUT2D eigenvalue weighted by molar-refractivity contribution is 5.83. The summed E-state index contributed by atoms with van der Waals surface area (Å²) in [6.45, 7) is 1.66. The van der Waals surface area contributed by atoms with Gasteiger partial charge in [-0.2, -0.15) is 5.26 Å². The Labute approximate surface area is 107 Å². The minimum Gasteiger partial charge on any atom is -0.480 e. The van der Waals surface area contributed by atoms with Gasteiger partial charge in [-0.3, -0.25) is 4.79 Å². The molecule has 0 aromatic rings. The molecule has 1 saturated carbocycles. The molecule has 0 bridgehead atoms. The number of hydrogen-bond acceptors (Lipinski definition) is 3. The summed E-state index contributed by atoms with van der Waals surface area (Å²) in [7, 11) is 0. The number of rotatable bonds is 6. The van der Waals surface area contributed by atoms with E-state index in [2.05, 4.69) is 5.32 Å². The van der Waals surface area contributed by atoms with Crippen molar-refractivity contribution >= 4 is 11.9 Å². The summed E-state index contributed by atoms with van der Waals surface area (Å²) in [5.41, 5.74) is 0. The highest BCUT2D eigenvalue weighted by atomic mass is 16.4. The largest absolute Gasteiger partial charge is 0.480 e. The Balaban J connectivity index is 2.47. The van der Waals surface area contributed by atoms with Crippen LogP contribution in [0.2, 0.25) is 0 Å². The van der Waals surface area contributed by atoms with Gasteiger partial charge in [0.1, 0.15) is 6.04 Å². The molecule has 0 unspecified atom stereocenters. The van der Waals surface area contributed by atoms with Gasteiger partial charge in [0.05, 0.1) is 6.07 Å². The second kappa shape index (κ2) is 7.00. The van der Waals surface area contributed by atoms with Gasteiger partial charge < -0.3 is 10.4 Å². The summed E-state index contributed by atoms with van der Waals surface area (Å²) < 4.78 is 0. The Morgan fingerprint density at radius 3 is 2.56 bits per heavy atom. The number of carbonyl (C=O) groups excluding carboxylic acids is 1. The molecule has 1 amide bonds. The normalized spacial score (nSPS) is 18.9. The number of aliphatic carboxylic acids is 1. The highest BCUT2D eigenvalue weighted by Gasteiger charge is 2.27. The van der Waals surface area contributed by atoms with E-state index in [1.54, 1.807) is 6.92 Å². The summed E-state index contributed by atoms with van der Waals surface area (Å²) in [5.74, 6) is -1.26. The monoisotopic (exact) mass is 252 g/mol. The number of carboxylic acids is 1. The first kappa shape index (κ1) is 14.5. The lowest BCUT2D eigenvalue weighted by molar-refractivity contribution is -0.143. The van der Waals surface area contributed by atoms with E-state index in [0.29, 0.717) is 12.3 Å². The van der Waals surface area contributed by atoms with Gasteiger partial charge in [-0.25, -0.2) is 4.79 Å². The molecule has 2 atom stereocenters. The van der Waals surface area contributed by atoms with Gasteiger partial charge in [0.25, 0.3) is 0 Å². The third-order valence-corrected chi connectivity index (χ3v) is 3.51. The van der Waals surface area contributed by atoms with Crippen LogP contribution < -0.4 is 5.32 Å². The van der Waals surface area contributed by atoms with Gasteiger partial charge in [-0.05, 0) is 18.8 Å². The lowest BCUT2D eigenvalue weighted by atomic mass is 9.97. The number of nitrogens with zero attached hydrogens (tertiary/aromatic N) is 1. The second-order valence-electron chi connectivity index (χ2n) is 5.08. The van der Waals surface area contributed by atoms with Crippen LogP contribution in [0.3, 0.4) is 0 Å². The zero-order chi connectivity index (χ0) is 13.5. The van der Waals surface area contributed by atoms with Gasteiger partial charge >= 0.3 is 5.97 Å². The molecular formula is C13H20N2O3. The predicted octanol–water partition coefficient (Wildman–Crippen LogP) is 1.69. The van der Waals surface area contributed by atoms with E-state index in [0.717, 1.165) is 25.7 Å². The summed E-state index contributed by atoms with van der Waals surface area (Å²) in [4.78, 5) is 22.8. The zero-order valence-electron chi connectivity index (χ0n) is 10.7. The first-order valence-electron chi connectivity index (χ1n) is 6.43. The fourth-order valence-corrected chi connectivity index (χ4v) is 2.42. The number of carboxylic acid groups (broad SMARTS) is 1. The molecule has 1 aliphatic rings. The Bertz CT molecular complexity index is 343. The SMILES string of the molecule is C[C@@H](CC#N)[C@H](NC(=O)CC1CCCC1)C(=O)O. The molecule has 1 fully saturated rings. The second-order valence-corrected chi connectivity index (χ2v) is 5.08. The van der Waals surface area contributed by atoms with E-state index in [4.69, 9.17) is 10.4 Å². The van der Waals surface area contributed by atoms with Gasteiger partial charge in [0, 0.05) is 18.8 Å². The molecule has 0 spiro atoms. The van der Waals surface area contributed by atoms with Crippen LogP contribution in [-0.4, -0.2) is 23.0 Å². The summed E-state index contributed by atoms with van der Waals surface area (Å²) in [6.07, 6.45) is 4.96. The quantitative estimate of drug-likeness (QED) is 0.752. The number of carbonyl (C=O) groups is 2. The summed E-state index contributed by atoms with van der Waals surface area (Å²) in [5, 5.41) is 20.2. The molecule has 100 valence electrons. The molecule has 18 heavy (non-hydrogen) atoms. The van der Waals surface area contributed by atoms with Crippen LogP contribution in [0.25, 0.3) is 0 Å². The summed E-state index contributed by atoms with van der Waals surface area (Å²) in [6, 6.07) is 0.975. The van der Waals surface area contributed by atoms with Crippen LogP contribution in [-0.2, 0) is 9.59 Å². The van der Waals surface area contributed by atoms with Crippen LogP contribution in [0.1, 0.15) is 45.4 Å². The number of nitrogens with one attached hydrogen (secondary N) is 1. The molecule has 0 aromatic carbocycles. The van der Waals surface area contributed by atoms with Crippen molar-refractivity contribution in [2.45, 2.75) is 51.5 Å². The minimum atomic E-state index is -1.07. The standard InChI is InChI=1S/C13H20N2O3/c1-9(6-7-14)12(13(17)18)15-11(16)8-10-4-2-3-5-10/h9-10,12H,2-6,8H2,1H3,(H,15,16)(H,17,18)/t9-,12-/m0/s1. The number of nitriles is 1. The molecule has 1 aliphatic carbocycles. The topological polar surface area (TPSA) is 90.2 Å². The summed E-state index contributed by atoms with van der Waals surface area (Å²) >= 11 is 0. The van der Waals surface area contributed by atoms with Crippen LogP contribution >= 0.6 is 0 Å². The Morgan fingerprint density at radius 2 is 2.06 bits per heavy atom. The maximum Gasteiger partial charge on any atom is 0.326 e. The highest BCUT2D eigenvalue weighted by Crippen LogP contribution is 2.27. The van der Waals surface area contributed by atoms with Crippen molar-refractivity contribution < 1.29 is 14.7 Å². The van der Waals surface area contributed by atoms with Crippen molar-refractivity contribution in [3.8, 4) is 6.07 Å². The average molecular weight is 252 g/mol. The molecule has 0 saturated heterocycles. The van der Waals surface area contributed by atoms with E-state index in [1.165, 1.54) is 0 Å². The maximum absolute atomic E-state index is 11.8. The van der Waals surface area contributed by atoms with Crippen molar-refractivity contribution in [3.63, 3.8) is 0 Å². The molecule has 0 radical (unpaired) electrons. The lowest BCUT2D eigenvalue weighted by Crippen LogP contribution is -2.45. The first-order chi connectivity index (χ1) is 8.54. The Hall–Kier alpha value is -1.57. The molecule has 5 nitrogen and oxygen atoms in total. The molecule has 0 aliphatic heterocycles. The van der Waals surface area contributed by atoms with Crippen LogP contribution in [0, 0.1) is 23.2 Å². The third kappa shape index (κ3) is 4.36. The first-order valence-corrected chi connectivity index (χ1v) is 6.43. The Kier molecular flexibility index (Phi) is 5.63. The Morgan fingerprint density at radius 1 is 1.44 bits per heavy atom.